The molecule has 0 unspecified atom stereocenters. The zero-order chi connectivity index (χ0) is 22.1. The standard InChI is InChI=1S/C21H21BrFNO6/c1-27-15-7-3-13(4-8-15)20(25)29-12-17(22)19(18(23)11-24)30-21(26)14-5-9-16(28-2)10-6-14/h3-11,17-19,24H,12H2,1-2H3/t17-,18+,19+/m0/s1. The highest BCUT2D eigenvalue weighted by Crippen LogP contribution is 2.20. The minimum Gasteiger partial charge on any atom is -0.497 e. The molecule has 1 N–H and O–H groups in total. The van der Waals surface area contributed by atoms with Crippen LogP contribution in [0.1, 0.15) is 20.7 Å². The van der Waals surface area contributed by atoms with E-state index in [0.29, 0.717) is 17.7 Å². The van der Waals surface area contributed by atoms with Crippen LogP contribution in [0.3, 0.4) is 0 Å². The van der Waals surface area contributed by atoms with Crippen LogP contribution in [0.15, 0.2) is 48.5 Å². The molecular formula is C21H21BrFNO6. The highest BCUT2D eigenvalue weighted by molar-refractivity contribution is 9.09. The van der Waals surface area contributed by atoms with Crippen molar-refractivity contribution in [3.05, 3.63) is 59.7 Å². The average molecular weight is 482 g/mol. The molecule has 0 fully saturated rings. The van der Waals surface area contributed by atoms with Crippen LogP contribution in [0.25, 0.3) is 0 Å². The summed E-state index contributed by atoms with van der Waals surface area (Å²) in [5.74, 6) is -0.276. The first-order chi connectivity index (χ1) is 14.4. The molecule has 0 saturated carbocycles. The van der Waals surface area contributed by atoms with Gasteiger partial charge in [-0.1, -0.05) is 15.9 Å². The number of carbonyl (C=O) groups is 2. The molecule has 0 saturated heterocycles. The van der Waals surface area contributed by atoms with Crippen LogP contribution in [0.4, 0.5) is 4.39 Å². The molecule has 3 atom stereocenters. The van der Waals surface area contributed by atoms with Crippen molar-refractivity contribution < 1.29 is 32.9 Å². The van der Waals surface area contributed by atoms with Gasteiger partial charge in [0.1, 0.15) is 18.1 Å². The molecule has 0 aliphatic rings. The van der Waals surface area contributed by atoms with E-state index in [-0.39, 0.29) is 17.7 Å². The van der Waals surface area contributed by atoms with Crippen molar-refractivity contribution >= 4 is 34.1 Å². The van der Waals surface area contributed by atoms with Gasteiger partial charge in [-0.05, 0) is 48.5 Å². The van der Waals surface area contributed by atoms with Crippen molar-refractivity contribution in [2.24, 2.45) is 0 Å². The zero-order valence-electron chi connectivity index (χ0n) is 16.3. The smallest absolute Gasteiger partial charge is 0.338 e. The van der Waals surface area contributed by atoms with Gasteiger partial charge in [-0.15, -0.1) is 0 Å². The van der Waals surface area contributed by atoms with E-state index in [1.807, 2.05) is 0 Å². The van der Waals surface area contributed by atoms with E-state index >= 15 is 0 Å². The molecule has 0 heterocycles. The Morgan fingerprint density at radius 2 is 1.43 bits per heavy atom. The van der Waals surface area contributed by atoms with Gasteiger partial charge in [0.15, 0.2) is 12.3 Å². The van der Waals surface area contributed by atoms with Crippen LogP contribution in [-0.4, -0.2) is 56.1 Å². The minimum atomic E-state index is -1.89. The van der Waals surface area contributed by atoms with Crippen molar-refractivity contribution in [1.29, 1.82) is 5.41 Å². The van der Waals surface area contributed by atoms with Gasteiger partial charge in [-0.25, -0.2) is 14.0 Å². The summed E-state index contributed by atoms with van der Waals surface area (Å²) in [6, 6.07) is 12.4. The normalized spacial score (nSPS) is 13.5. The Morgan fingerprint density at radius 3 is 1.87 bits per heavy atom. The van der Waals surface area contributed by atoms with E-state index in [4.69, 9.17) is 24.4 Å². The monoisotopic (exact) mass is 481 g/mol. The summed E-state index contributed by atoms with van der Waals surface area (Å²) in [5.41, 5.74) is 0.471. The lowest BCUT2D eigenvalue weighted by atomic mass is 10.1. The van der Waals surface area contributed by atoms with Gasteiger partial charge in [0.2, 0.25) is 0 Å². The summed E-state index contributed by atoms with van der Waals surface area (Å²) >= 11 is 3.20. The first kappa shape index (κ1) is 23.3. The Balaban J connectivity index is 2.01. The second-order valence-corrected chi connectivity index (χ2v) is 7.23. The topological polar surface area (TPSA) is 94.9 Å². The van der Waals surface area contributed by atoms with Crippen molar-refractivity contribution in [2.75, 3.05) is 20.8 Å². The fourth-order valence-electron chi connectivity index (χ4n) is 2.41. The number of carbonyl (C=O) groups excluding carboxylic acids is 2. The summed E-state index contributed by atoms with van der Waals surface area (Å²) < 4.78 is 34.7. The Kier molecular flexibility index (Phi) is 8.79. The summed E-state index contributed by atoms with van der Waals surface area (Å²) in [4.78, 5) is 23.7. The molecule has 160 valence electrons. The lowest BCUT2D eigenvalue weighted by Crippen LogP contribution is -2.39. The third-order valence-corrected chi connectivity index (χ3v) is 4.88. The van der Waals surface area contributed by atoms with Gasteiger partial charge >= 0.3 is 11.9 Å². The molecular weight excluding hydrogens is 461 g/mol. The Labute approximate surface area is 181 Å². The zero-order valence-corrected chi connectivity index (χ0v) is 17.9. The number of hydrogen-bond acceptors (Lipinski definition) is 7. The predicted molar refractivity (Wildman–Crippen MR) is 112 cm³/mol. The minimum absolute atomic E-state index is 0.188. The quantitative estimate of drug-likeness (QED) is 0.314. The molecule has 30 heavy (non-hydrogen) atoms. The Morgan fingerprint density at radius 1 is 0.967 bits per heavy atom. The highest BCUT2D eigenvalue weighted by atomic mass is 79.9. The van der Waals surface area contributed by atoms with E-state index in [9.17, 15) is 14.0 Å². The number of nitrogens with one attached hydrogen (secondary N) is 1. The van der Waals surface area contributed by atoms with Crippen LogP contribution in [-0.2, 0) is 9.47 Å². The Hall–Kier alpha value is -2.94. The number of alkyl halides is 2. The molecule has 0 spiro atoms. The molecule has 2 rings (SSSR count). The van der Waals surface area contributed by atoms with Gasteiger partial charge in [0, 0.05) is 6.21 Å². The second kappa shape index (κ2) is 11.3. The molecule has 0 aliphatic heterocycles. The highest BCUT2D eigenvalue weighted by Gasteiger charge is 2.32. The number of hydrogen-bond donors (Lipinski definition) is 1. The van der Waals surface area contributed by atoms with Crippen LogP contribution < -0.4 is 9.47 Å². The molecule has 7 nitrogen and oxygen atoms in total. The SMILES string of the molecule is COc1ccc(C(=O)OC[C@H](Br)[C@@H](OC(=O)c2ccc(OC)cc2)[C@H](F)C=N)cc1. The fraction of sp³-hybridized carbons (Fsp3) is 0.286. The molecule has 0 radical (unpaired) electrons. The first-order valence-corrected chi connectivity index (χ1v) is 9.76. The number of ether oxygens (including phenoxy) is 4. The largest absolute Gasteiger partial charge is 0.497 e. The second-order valence-electron chi connectivity index (χ2n) is 6.05. The molecule has 2 aromatic rings. The van der Waals surface area contributed by atoms with Crippen LogP contribution in [0.5, 0.6) is 11.5 Å². The number of benzene rings is 2. The van der Waals surface area contributed by atoms with Crippen molar-refractivity contribution in [3.63, 3.8) is 0 Å². The van der Waals surface area contributed by atoms with E-state index in [1.165, 1.54) is 38.5 Å². The first-order valence-electron chi connectivity index (χ1n) is 8.84. The summed E-state index contributed by atoms with van der Waals surface area (Å²) in [7, 11) is 3.00. The molecule has 9 heteroatoms. The fourth-order valence-corrected chi connectivity index (χ4v) is 2.94. The van der Waals surface area contributed by atoms with Crippen LogP contribution in [0, 0.1) is 5.41 Å². The van der Waals surface area contributed by atoms with Gasteiger partial charge in [0.25, 0.3) is 0 Å². The molecule has 0 bridgehead atoms. The maximum Gasteiger partial charge on any atom is 0.338 e. The lowest BCUT2D eigenvalue weighted by Gasteiger charge is -2.24. The molecule has 0 amide bonds. The predicted octanol–water partition coefficient (Wildman–Crippen LogP) is 3.84. The van der Waals surface area contributed by atoms with Gasteiger partial charge in [0.05, 0.1) is 30.2 Å². The van der Waals surface area contributed by atoms with Crippen molar-refractivity contribution in [1.82, 2.24) is 0 Å². The van der Waals surface area contributed by atoms with Crippen molar-refractivity contribution in [2.45, 2.75) is 17.1 Å². The maximum absolute atomic E-state index is 14.2. The van der Waals surface area contributed by atoms with Gasteiger partial charge in [-0.2, -0.15) is 0 Å². The average Bonchev–Trinajstić information content (AvgIpc) is 2.80. The lowest BCUT2D eigenvalue weighted by molar-refractivity contribution is 0.00882. The summed E-state index contributed by atoms with van der Waals surface area (Å²) in [6.07, 6.45) is -2.75. The third-order valence-electron chi connectivity index (χ3n) is 4.10. The summed E-state index contributed by atoms with van der Waals surface area (Å²) in [5, 5.41) is 7.18. The number of methoxy groups -OCH3 is 2. The van der Waals surface area contributed by atoms with Crippen LogP contribution >= 0.6 is 15.9 Å². The summed E-state index contributed by atoms with van der Waals surface area (Å²) in [6.45, 7) is -0.278. The van der Waals surface area contributed by atoms with E-state index < -0.39 is 29.0 Å². The van der Waals surface area contributed by atoms with Crippen molar-refractivity contribution in [3.8, 4) is 11.5 Å². The van der Waals surface area contributed by atoms with Gasteiger partial charge in [-0.3, -0.25) is 0 Å². The molecule has 0 aliphatic carbocycles. The molecule has 2 aromatic carbocycles. The number of rotatable bonds is 10. The van der Waals surface area contributed by atoms with E-state index in [1.54, 1.807) is 24.3 Å². The third kappa shape index (κ3) is 6.28. The van der Waals surface area contributed by atoms with Crippen LogP contribution in [0.2, 0.25) is 0 Å². The van der Waals surface area contributed by atoms with E-state index in [0.717, 1.165) is 0 Å². The number of halogens is 2. The molecule has 0 aromatic heterocycles. The number of esters is 2. The van der Waals surface area contributed by atoms with E-state index in [2.05, 4.69) is 15.9 Å². The maximum atomic E-state index is 14.2. The Bertz CT molecular complexity index is 859. The van der Waals surface area contributed by atoms with Gasteiger partial charge < -0.3 is 24.4 Å².